The molecular formula is C9H12FNO. The Labute approximate surface area is 70.6 Å². The highest BCUT2D eigenvalue weighted by atomic mass is 19.1. The second-order valence-corrected chi connectivity index (χ2v) is 3.53. The molecule has 0 radical (unpaired) electrons. The van der Waals surface area contributed by atoms with E-state index in [2.05, 4.69) is 0 Å². The summed E-state index contributed by atoms with van der Waals surface area (Å²) in [5.41, 5.74) is 5.70. The maximum Gasteiger partial charge on any atom is 0.119 e. The minimum Gasteiger partial charge on any atom is -0.391 e. The molecule has 0 aliphatic heterocycles. The highest BCUT2D eigenvalue weighted by Crippen LogP contribution is 2.36. The molecule has 0 heterocycles. The van der Waals surface area contributed by atoms with E-state index in [0.717, 1.165) is 0 Å². The predicted octanol–water partition coefficient (Wildman–Crippen LogP) is 0.734. The number of hydrogen-bond donors (Lipinski definition) is 2. The van der Waals surface area contributed by atoms with E-state index in [0.29, 0.717) is 6.42 Å². The van der Waals surface area contributed by atoms with Crippen LogP contribution in [0.1, 0.15) is 6.42 Å². The molecule has 2 unspecified atom stereocenters. The smallest absolute Gasteiger partial charge is 0.119 e. The molecule has 0 aromatic heterocycles. The Morgan fingerprint density at radius 3 is 3.08 bits per heavy atom. The Morgan fingerprint density at radius 2 is 2.33 bits per heavy atom. The highest BCUT2D eigenvalue weighted by molar-refractivity contribution is 5.24. The fraction of sp³-hybridized carbons (Fsp3) is 0.556. The van der Waals surface area contributed by atoms with E-state index in [9.17, 15) is 9.50 Å². The first-order valence-corrected chi connectivity index (χ1v) is 4.17. The monoisotopic (exact) mass is 169 g/mol. The van der Waals surface area contributed by atoms with Crippen molar-refractivity contribution in [2.75, 3.05) is 0 Å². The van der Waals surface area contributed by atoms with Crippen LogP contribution in [-0.2, 0) is 0 Å². The lowest BCUT2D eigenvalue weighted by Crippen LogP contribution is -2.34. The van der Waals surface area contributed by atoms with Crippen molar-refractivity contribution in [2.24, 2.45) is 17.6 Å². The third-order valence-electron chi connectivity index (χ3n) is 2.75. The van der Waals surface area contributed by atoms with E-state index in [4.69, 9.17) is 5.73 Å². The van der Waals surface area contributed by atoms with Crippen LogP contribution in [0.4, 0.5) is 4.39 Å². The average molecular weight is 169 g/mol. The summed E-state index contributed by atoms with van der Waals surface area (Å²) in [6, 6.07) is -0.300. The largest absolute Gasteiger partial charge is 0.391 e. The third kappa shape index (κ3) is 1.09. The van der Waals surface area contributed by atoms with Crippen molar-refractivity contribution in [3.63, 3.8) is 0 Å². The van der Waals surface area contributed by atoms with Crippen molar-refractivity contribution in [3.05, 3.63) is 24.1 Å². The Balaban J connectivity index is 2.23. The van der Waals surface area contributed by atoms with Gasteiger partial charge in [0.25, 0.3) is 0 Å². The quantitative estimate of drug-likeness (QED) is 0.561. The second kappa shape index (κ2) is 2.68. The molecule has 66 valence electrons. The first-order valence-electron chi connectivity index (χ1n) is 4.17. The average Bonchev–Trinajstić information content (AvgIpc) is 2.31. The van der Waals surface area contributed by atoms with Gasteiger partial charge in [-0.3, -0.25) is 0 Å². The Morgan fingerprint density at radius 1 is 1.58 bits per heavy atom. The van der Waals surface area contributed by atoms with E-state index < -0.39 is 6.10 Å². The summed E-state index contributed by atoms with van der Waals surface area (Å²) in [5.74, 6) is -0.0136. The number of hydrogen-bond acceptors (Lipinski definition) is 2. The van der Waals surface area contributed by atoms with Gasteiger partial charge in [0.15, 0.2) is 0 Å². The molecule has 0 aromatic rings. The highest BCUT2D eigenvalue weighted by Gasteiger charge is 2.39. The van der Waals surface area contributed by atoms with Gasteiger partial charge in [0.2, 0.25) is 0 Å². The van der Waals surface area contributed by atoms with Gasteiger partial charge in [-0.2, -0.15) is 0 Å². The van der Waals surface area contributed by atoms with Gasteiger partial charge in [-0.15, -0.1) is 0 Å². The summed E-state index contributed by atoms with van der Waals surface area (Å²) >= 11 is 0. The van der Waals surface area contributed by atoms with E-state index in [1.807, 2.05) is 0 Å². The second-order valence-electron chi connectivity index (χ2n) is 3.53. The van der Waals surface area contributed by atoms with Crippen molar-refractivity contribution in [3.8, 4) is 0 Å². The molecule has 3 heteroatoms. The lowest BCUT2D eigenvalue weighted by molar-refractivity contribution is 0.159. The van der Waals surface area contributed by atoms with Crippen LogP contribution in [0.15, 0.2) is 24.1 Å². The summed E-state index contributed by atoms with van der Waals surface area (Å²) in [4.78, 5) is 0. The normalized spacial score (nSPS) is 45.8. The van der Waals surface area contributed by atoms with Gasteiger partial charge in [-0.1, -0.05) is 6.08 Å². The van der Waals surface area contributed by atoms with Crippen LogP contribution >= 0.6 is 0 Å². The summed E-state index contributed by atoms with van der Waals surface area (Å²) in [5, 5.41) is 9.40. The van der Waals surface area contributed by atoms with Gasteiger partial charge in [-0.25, -0.2) is 4.39 Å². The molecule has 0 amide bonds. The van der Waals surface area contributed by atoms with Gasteiger partial charge in [-0.05, 0) is 24.5 Å². The minimum atomic E-state index is -0.480. The van der Waals surface area contributed by atoms with Gasteiger partial charge in [0, 0.05) is 12.0 Å². The zero-order chi connectivity index (χ0) is 8.72. The topological polar surface area (TPSA) is 46.2 Å². The molecule has 2 nitrogen and oxygen atoms in total. The van der Waals surface area contributed by atoms with E-state index >= 15 is 0 Å². The summed E-state index contributed by atoms with van der Waals surface area (Å²) in [7, 11) is 0. The summed E-state index contributed by atoms with van der Waals surface area (Å²) in [6.07, 6.45) is 4.95. The molecule has 3 N–H and O–H groups in total. The van der Waals surface area contributed by atoms with Gasteiger partial charge in [0.05, 0.1) is 6.10 Å². The maximum absolute atomic E-state index is 12.8. The fourth-order valence-corrected chi connectivity index (χ4v) is 2.03. The van der Waals surface area contributed by atoms with E-state index in [1.165, 1.54) is 12.2 Å². The molecule has 12 heavy (non-hydrogen) atoms. The molecule has 0 saturated heterocycles. The number of fused-ring (bicyclic) bond motifs is 1. The molecule has 0 aromatic carbocycles. The number of allylic oxidation sites excluding steroid dienone is 3. The number of nitrogens with two attached hydrogens (primary N) is 1. The molecule has 4 atom stereocenters. The van der Waals surface area contributed by atoms with Crippen LogP contribution in [0.3, 0.4) is 0 Å². The Bertz CT molecular complexity index is 249. The maximum atomic E-state index is 12.8. The number of halogens is 1. The molecule has 0 spiro atoms. The zero-order valence-corrected chi connectivity index (χ0v) is 6.65. The number of rotatable bonds is 0. The van der Waals surface area contributed by atoms with E-state index in [1.54, 1.807) is 6.08 Å². The van der Waals surface area contributed by atoms with Crippen LogP contribution in [-0.4, -0.2) is 17.3 Å². The molecular weight excluding hydrogens is 157 g/mol. The fourth-order valence-electron chi connectivity index (χ4n) is 2.03. The van der Waals surface area contributed by atoms with Crippen molar-refractivity contribution >= 4 is 0 Å². The van der Waals surface area contributed by atoms with Gasteiger partial charge < -0.3 is 10.8 Å². The lowest BCUT2D eigenvalue weighted by Gasteiger charge is -2.19. The first-order chi connectivity index (χ1) is 5.68. The summed E-state index contributed by atoms with van der Waals surface area (Å²) < 4.78 is 12.8. The minimum absolute atomic E-state index is 0.00926. The molecule has 2 rings (SSSR count). The number of aliphatic hydroxyl groups is 1. The standard InChI is InChI=1S/C9H12FNO/c10-6-2-1-5-3-8(12)9(11)7(5)4-6/h1-2,4-5,7-9,12H,3,11H2/t5?,7?,8-,9+/m0/s1. The molecule has 1 saturated carbocycles. The summed E-state index contributed by atoms with van der Waals surface area (Å²) in [6.45, 7) is 0. The SMILES string of the molecule is N[C@@H]1C2C=C(F)C=CC2C[C@@H]1O. The van der Waals surface area contributed by atoms with Crippen molar-refractivity contribution < 1.29 is 9.50 Å². The van der Waals surface area contributed by atoms with Gasteiger partial charge in [0.1, 0.15) is 5.83 Å². The van der Waals surface area contributed by atoms with E-state index in [-0.39, 0.29) is 23.7 Å². The molecule has 2 aliphatic carbocycles. The van der Waals surface area contributed by atoms with Crippen LogP contribution < -0.4 is 5.73 Å². The Kier molecular flexibility index (Phi) is 1.77. The van der Waals surface area contributed by atoms with Crippen LogP contribution in [0.25, 0.3) is 0 Å². The zero-order valence-electron chi connectivity index (χ0n) is 6.65. The van der Waals surface area contributed by atoms with Gasteiger partial charge >= 0.3 is 0 Å². The van der Waals surface area contributed by atoms with Crippen molar-refractivity contribution in [1.29, 1.82) is 0 Å². The van der Waals surface area contributed by atoms with Crippen LogP contribution in [0.5, 0.6) is 0 Å². The van der Waals surface area contributed by atoms with Crippen molar-refractivity contribution in [2.45, 2.75) is 18.6 Å². The third-order valence-corrected chi connectivity index (χ3v) is 2.75. The lowest BCUT2D eigenvalue weighted by atomic mass is 9.90. The van der Waals surface area contributed by atoms with Crippen molar-refractivity contribution in [1.82, 2.24) is 0 Å². The van der Waals surface area contributed by atoms with Crippen LogP contribution in [0.2, 0.25) is 0 Å². The molecule has 1 fully saturated rings. The Hall–Kier alpha value is -0.670. The molecule has 0 bridgehead atoms. The molecule has 2 aliphatic rings. The predicted molar refractivity (Wildman–Crippen MR) is 43.9 cm³/mol. The first kappa shape index (κ1) is 7.95. The number of aliphatic hydroxyl groups excluding tert-OH is 1. The van der Waals surface area contributed by atoms with Crippen LogP contribution in [0, 0.1) is 11.8 Å².